The minimum absolute atomic E-state index is 0.235. The Labute approximate surface area is 361 Å². The van der Waals surface area contributed by atoms with Crippen molar-refractivity contribution in [3.63, 3.8) is 0 Å². The van der Waals surface area contributed by atoms with Crippen LogP contribution in [-0.2, 0) is 16.0 Å². The second-order valence-corrected chi connectivity index (χ2v) is 15.8. The molecule has 1 saturated carbocycles. The Balaban J connectivity index is 1.16. The van der Waals surface area contributed by atoms with Crippen molar-refractivity contribution in [2.45, 2.75) is 84.0 Å². The molecular weight excluding hydrogens is 795 g/mol. The van der Waals surface area contributed by atoms with E-state index in [2.05, 4.69) is 39.7 Å². The van der Waals surface area contributed by atoms with Gasteiger partial charge in [0.2, 0.25) is 5.75 Å². The molecule has 0 N–H and O–H groups in total. The van der Waals surface area contributed by atoms with Crippen LogP contribution in [0.1, 0.15) is 99.8 Å². The number of aromatic nitrogens is 2. The van der Waals surface area contributed by atoms with Gasteiger partial charge in [0, 0.05) is 30.5 Å². The van der Waals surface area contributed by atoms with Crippen molar-refractivity contribution in [2.24, 2.45) is 22.0 Å². The number of esters is 2. The zero-order chi connectivity index (χ0) is 43.0. The Morgan fingerprint density at radius 1 is 0.787 bits per heavy atom. The van der Waals surface area contributed by atoms with Crippen LogP contribution in [0.5, 0.6) is 17.2 Å². The van der Waals surface area contributed by atoms with E-state index >= 15 is 8.78 Å². The van der Waals surface area contributed by atoms with Gasteiger partial charge in [0.25, 0.3) is 0 Å². The van der Waals surface area contributed by atoms with Crippen molar-refractivity contribution >= 4 is 54.1 Å². The lowest BCUT2D eigenvalue weighted by atomic mass is 9.78. The highest BCUT2D eigenvalue weighted by Crippen LogP contribution is 2.35. The van der Waals surface area contributed by atoms with Crippen molar-refractivity contribution in [2.75, 3.05) is 12.9 Å². The van der Waals surface area contributed by atoms with Crippen molar-refractivity contribution in [3.05, 3.63) is 119 Å². The first-order chi connectivity index (χ1) is 29.7. The predicted octanol–water partition coefficient (Wildman–Crippen LogP) is 11.6. The smallest absolute Gasteiger partial charge is 0.336 e. The molecule has 6 rings (SSSR count). The number of carbonyl (C=O) groups excluding carboxylic acids is 2. The van der Waals surface area contributed by atoms with E-state index in [4.69, 9.17) is 14.2 Å². The number of fused-ring (bicyclic) bond motifs is 1. The summed E-state index contributed by atoms with van der Waals surface area (Å²) >= 11 is 4.18. The Kier molecular flexibility index (Phi) is 16.7. The number of ether oxygens (including phenoxy) is 3. The van der Waals surface area contributed by atoms with Crippen LogP contribution in [0.3, 0.4) is 0 Å². The fourth-order valence-corrected chi connectivity index (χ4v) is 7.92. The number of aryl methyl sites for hydroxylation is 1. The van der Waals surface area contributed by atoms with E-state index in [1.54, 1.807) is 43.0 Å². The molecule has 0 atom stereocenters. The van der Waals surface area contributed by atoms with E-state index in [0.29, 0.717) is 29.0 Å². The molecule has 1 aliphatic carbocycles. The van der Waals surface area contributed by atoms with E-state index in [0.717, 1.165) is 77.7 Å². The maximum Gasteiger partial charge on any atom is 0.336 e. The third kappa shape index (κ3) is 13.1. The molecule has 1 aliphatic rings. The standard InChI is InChI=1S/C49H52F2N4O5S/c1-3-7-33-9-11-34(12-10-33)13-14-35-15-19-40(39(26-35)32-55-54-31-37-16-20-43-44(27-37)53-24-23-52-43)38-29-41(50)49(42(51)30-38)60-48(57)22-18-36-17-21-45(46(28-36)58-2)59-47(56)8-5-4-6-25-61/h15-24,26-34,61H,3-14,25H2,1-2H3/b22-18+,54-31+,55-32+. The topological polar surface area (TPSA) is 112 Å². The summed E-state index contributed by atoms with van der Waals surface area (Å²) in [5, 5.41) is 8.59. The number of thiol groups is 1. The van der Waals surface area contributed by atoms with E-state index in [1.807, 2.05) is 36.4 Å². The summed E-state index contributed by atoms with van der Waals surface area (Å²) in [5.74, 6) is -1.49. The molecule has 0 saturated heterocycles. The molecule has 12 heteroatoms. The highest BCUT2D eigenvalue weighted by atomic mass is 32.1. The zero-order valence-electron chi connectivity index (χ0n) is 34.7. The van der Waals surface area contributed by atoms with Gasteiger partial charge < -0.3 is 14.2 Å². The summed E-state index contributed by atoms with van der Waals surface area (Å²) < 4.78 is 47.2. The molecule has 1 aromatic heterocycles. The number of unbranched alkanes of at least 4 members (excludes halogenated alkanes) is 2. The molecule has 4 aromatic carbocycles. The average Bonchev–Trinajstić information content (AvgIpc) is 3.27. The van der Waals surface area contributed by atoms with Crippen molar-refractivity contribution in [3.8, 4) is 28.4 Å². The van der Waals surface area contributed by atoms with Crippen LogP contribution in [0.2, 0.25) is 0 Å². The van der Waals surface area contributed by atoms with Crippen molar-refractivity contribution in [1.29, 1.82) is 0 Å². The lowest BCUT2D eigenvalue weighted by Gasteiger charge is -2.28. The summed E-state index contributed by atoms with van der Waals surface area (Å²) in [6.45, 7) is 2.25. The number of halogens is 2. The number of benzene rings is 4. The van der Waals surface area contributed by atoms with Crippen LogP contribution < -0.4 is 14.2 Å². The Hall–Kier alpha value is -5.75. The van der Waals surface area contributed by atoms with Gasteiger partial charge in [0.05, 0.1) is 30.6 Å². The monoisotopic (exact) mass is 846 g/mol. The lowest BCUT2D eigenvalue weighted by molar-refractivity contribution is -0.134. The second-order valence-electron chi connectivity index (χ2n) is 15.4. The highest BCUT2D eigenvalue weighted by Gasteiger charge is 2.21. The molecule has 0 radical (unpaired) electrons. The number of rotatable bonds is 19. The van der Waals surface area contributed by atoms with E-state index < -0.39 is 23.4 Å². The van der Waals surface area contributed by atoms with Gasteiger partial charge in [0.1, 0.15) is 0 Å². The van der Waals surface area contributed by atoms with Gasteiger partial charge in [-0.1, -0.05) is 76.1 Å². The second kappa shape index (κ2) is 22.7. The van der Waals surface area contributed by atoms with Crippen molar-refractivity contribution < 1.29 is 32.6 Å². The minimum atomic E-state index is -1.04. The largest absolute Gasteiger partial charge is 0.493 e. The molecule has 61 heavy (non-hydrogen) atoms. The molecular formula is C49H52F2N4O5S. The fraction of sp³-hybridized carbons (Fsp3) is 0.347. The van der Waals surface area contributed by atoms with Crippen LogP contribution in [0.25, 0.3) is 28.2 Å². The third-order valence-electron chi connectivity index (χ3n) is 11.0. The third-order valence-corrected chi connectivity index (χ3v) is 11.3. The number of carbonyl (C=O) groups is 2. The van der Waals surface area contributed by atoms with Gasteiger partial charge in [-0.3, -0.25) is 14.8 Å². The number of hydrogen-bond donors (Lipinski definition) is 1. The van der Waals surface area contributed by atoms with Crippen LogP contribution in [0.15, 0.2) is 95.4 Å². The predicted molar refractivity (Wildman–Crippen MR) is 241 cm³/mol. The molecule has 0 unspecified atom stereocenters. The van der Waals surface area contributed by atoms with Gasteiger partial charge in [-0.2, -0.15) is 22.8 Å². The summed E-state index contributed by atoms with van der Waals surface area (Å²) in [7, 11) is 1.43. The number of nitrogens with zero attached hydrogens (tertiary/aromatic N) is 4. The minimum Gasteiger partial charge on any atom is -0.493 e. The quantitative estimate of drug-likeness (QED) is 0.0167. The van der Waals surface area contributed by atoms with Gasteiger partial charge in [-0.25, -0.2) is 13.6 Å². The van der Waals surface area contributed by atoms with E-state index in [9.17, 15) is 9.59 Å². The Morgan fingerprint density at radius 3 is 2.25 bits per heavy atom. The molecule has 0 amide bonds. The van der Waals surface area contributed by atoms with Gasteiger partial charge in [-0.15, -0.1) is 0 Å². The first kappa shape index (κ1) is 44.8. The van der Waals surface area contributed by atoms with Crippen LogP contribution in [0, 0.1) is 23.5 Å². The van der Waals surface area contributed by atoms with E-state index in [-0.39, 0.29) is 29.5 Å². The van der Waals surface area contributed by atoms with Crippen molar-refractivity contribution in [1.82, 2.24) is 9.97 Å². The fourth-order valence-electron chi connectivity index (χ4n) is 7.70. The lowest BCUT2D eigenvalue weighted by Crippen LogP contribution is -2.15. The molecule has 318 valence electrons. The molecule has 0 bridgehead atoms. The normalized spacial score (nSPS) is 15.6. The Bertz CT molecular complexity index is 2350. The summed E-state index contributed by atoms with van der Waals surface area (Å²) in [6, 6.07) is 18.4. The first-order valence-electron chi connectivity index (χ1n) is 21.0. The molecule has 9 nitrogen and oxygen atoms in total. The highest BCUT2D eigenvalue weighted by molar-refractivity contribution is 7.80. The van der Waals surface area contributed by atoms with Crippen LogP contribution in [0.4, 0.5) is 8.78 Å². The van der Waals surface area contributed by atoms with E-state index in [1.165, 1.54) is 51.7 Å². The molecule has 5 aromatic rings. The molecule has 1 heterocycles. The van der Waals surface area contributed by atoms with Gasteiger partial charge in [0.15, 0.2) is 23.1 Å². The molecule has 0 spiro atoms. The summed E-state index contributed by atoms with van der Waals surface area (Å²) in [4.78, 5) is 33.7. The average molecular weight is 847 g/mol. The number of hydrogen-bond acceptors (Lipinski definition) is 10. The number of methoxy groups -OCH3 is 1. The van der Waals surface area contributed by atoms with Gasteiger partial charge in [-0.05, 0) is 120 Å². The molecule has 1 fully saturated rings. The molecule has 0 aliphatic heterocycles. The van der Waals surface area contributed by atoms with Gasteiger partial charge >= 0.3 is 11.9 Å². The maximum absolute atomic E-state index is 15.6. The van der Waals surface area contributed by atoms with Crippen LogP contribution in [-0.4, -0.2) is 47.2 Å². The summed E-state index contributed by atoms with van der Waals surface area (Å²) in [5.41, 5.74) is 5.32. The summed E-state index contributed by atoms with van der Waals surface area (Å²) in [6.07, 6.45) is 21.2. The zero-order valence-corrected chi connectivity index (χ0v) is 35.6. The first-order valence-corrected chi connectivity index (χ1v) is 21.6. The maximum atomic E-state index is 15.6. The van der Waals surface area contributed by atoms with Crippen LogP contribution >= 0.6 is 12.6 Å². The SMILES string of the molecule is CCCC1CCC(CCc2ccc(-c3cc(F)c(OC(=O)/C=C/c4ccc(OC(=O)CCCCCS)c(OC)c4)c(F)c3)c(/C=N/N=C/c3ccc4nccnc4c3)c2)CC1. The Morgan fingerprint density at radius 2 is 1.51 bits per heavy atom.